The number of imidazole rings is 1. The third-order valence-electron chi connectivity index (χ3n) is 3.00. The van der Waals surface area contributed by atoms with Gasteiger partial charge in [-0.25, -0.2) is 4.98 Å². The molecule has 0 spiro atoms. The quantitative estimate of drug-likeness (QED) is 0.746. The van der Waals surface area contributed by atoms with Gasteiger partial charge in [0.2, 0.25) is 5.91 Å². The van der Waals surface area contributed by atoms with Crippen molar-refractivity contribution in [3.8, 4) is 0 Å². The van der Waals surface area contributed by atoms with Crippen LogP contribution in [-0.2, 0) is 17.8 Å². The molecule has 0 aliphatic rings. The number of hydrogen-bond donors (Lipinski definition) is 1. The van der Waals surface area contributed by atoms with E-state index in [4.69, 9.17) is 0 Å². The van der Waals surface area contributed by atoms with E-state index in [0.717, 1.165) is 38.0 Å². The summed E-state index contributed by atoms with van der Waals surface area (Å²) >= 11 is 0. The van der Waals surface area contributed by atoms with E-state index < -0.39 is 0 Å². The maximum Gasteiger partial charge on any atom is 0.222 e. The van der Waals surface area contributed by atoms with E-state index in [-0.39, 0.29) is 14.7 Å². The van der Waals surface area contributed by atoms with Crippen LogP contribution in [0.2, 0.25) is 0 Å². The molecule has 1 N–H and O–H groups in total. The molecule has 0 radical (unpaired) electrons. The smallest absolute Gasteiger partial charge is 0.222 e. The van der Waals surface area contributed by atoms with E-state index in [9.17, 15) is 4.79 Å². The summed E-state index contributed by atoms with van der Waals surface area (Å²) in [5.74, 6) is 0.280. The molecule has 1 atom stereocenters. The molecule has 0 fully saturated rings. The molecule has 0 aliphatic carbocycles. The fraction of sp³-hybridized carbons (Fsp3) is 0.692. The molecular formula is C13H27N3O. The maximum absolute atomic E-state index is 11.5. The zero-order valence-electron chi connectivity index (χ0n) is 11.1. The van der Waals surface area contributed by atoms with Crippen LogP contribution in [0.3, 0.4) is 0 Å². The Morgan fingerprint density at radius 1 is 1.59 bits per heavy atom. The molecule has 1 rings (SSSR count). The van der Waals surface area contributed by atoms with Gasteiger partial charge in [-0.15, -0.1) is 0 Å². The topological polar surface area (TPSA) is 46.9 Å². The van der Waals surface area contributed by atoms with Gasteiger partial charge in [0.05, 0.1) is 12.0 Å². The Balaban J connectivity index is 0. The Morgan fingerprint density at radius 2 is 2.35 bits per heavy atom. The number of aryl methyl sites for hydroxylation is 2. The van der Waals surface area contributed by atoms with Crippen LogP contribution in [0.1, 0.15) is 42.2 Å². The Hall–Kier alpha value is -1.32. The summed E-state index contributed by atoms with van der Waals surface area (Å²) in [5, 5.41) is 2.95. The second kappa shape index (κ2) is 7.09. The van der Waals surface area contributed by atoms with E-state index in [0.29, 0.717) is 0 Å². The molecule has 1 aromatic heterocycles. The third kappa shape index (κ3) is 4.59. The van der Waals surface area contributed by atoms with Crippen LogP contribution < -0.4 is 5.32 Å². The Labute approximate surface area is 106 Å². The van der Waals surface area contributed by atoms with E-state index in [1.807, 2.05) is 20.2 Å². The molecule has 0 aromatic carbocycles. The standard InChI is InChI=1S/C13H23N3O.2H2/c1-4-11(3)13(17)14-7-6-8-16-9-12(5-2)15-10-16;;/h9-11H,4-8H2,1-3H3,(H,14,17);2*1H. The average molecular weight is 241 g/mol. The minimum Gasteiger partial charge on any atom is -0.356 e. The predicted octanol–water partition coefficient (Wildman–Crippen LogP) is 2.49. The van der Waals surface area contributed by atoms with E-state index >= 15 is 0 Å². The SMILES string of the molecule is CCc1cn(CCCNC(=O)C(C)CC)cn1.[HH].[HH]. The number of aromatic nitrogens is 2. The number of nitrogens with zero attached hydrogens (tertiary/aromatic N) is 2. The first kappa shape index (κ1) is 13.7. The lowest BCUT2D eigenvalue weighted by Crippen LogP contribution is -2.30. The molecule has 1 amide bonds. The third-order valence-corrected chi connectivity index (χ3v) is 3.00. The van der Waals surface area contributed by atoms with E-state index in [2.05, 4.69) is 28.0 Å². The van der Waals surface area contributed by atoms with Crippen LogP contribution in [0.4, 0.5) is 0 Å². The van der Waals surface area contributed by atoms with Gasteiger partial charge in [0.25, 0.3) is 0 Å². The summed E-state index contributed by atoms with van der Waals surface area (Å²) in [4.78, 5) is 15.8. The fourth-order valence-electron chi connectivity index (χ4n) is 1.54. The van der Waals surface area contributed by atoms with Gasteiger partial charge in [0.1, 0.15) is 0 Å². The van der Waals surface area contributed by atoms with Crippen molar-refractivity contribution in [3.63, 3.8) is 0 Å². The van der Waals surface area contributed by atoms with Crippen molar-refractivity contribution in [2.24, 2.45) is 5.92 Å². The number of carbonyl (C=O) groups excluding carboxylic acids is 1. The van der Waals surface area contributed by atoms with Gasteiger partial charge in [0, 0.05) is 28.1 Å². The Bertz CT molecular complexity index is 355. The number of hydrogen-bond acceptors (Lipinski definition) is 2. The maximum atomic E-state index is 11.5. The van der Waals surface area contributed by atoms with Gasteiger partial charge in [-0.2, -0.15) is 0 Å². The van der Waals surface area contributed by atoms with E-state index in [1.54, 1.807) is 0 Å². The zero-order valence-corrected chi connectivity index (χ0v) is 11.1. The molecular weight excluding hydrogens is 214 g/mol. The summed E-state index contributed by atoms with van der Waals surface area (Å²) in [6, 6.07) is 0. The van der Waals surface area contributed by atoms with E-state index in [1.165, 1.54) is 0 Å². The number of amides is 1. The van der Waals surface area contributed by atoms with Crippen molar-refractivity contribution in [1.29, 1.82) is 0 Å². The molecule has 100 valence electrons. The summed E-state index contributed by atoms with van der Waals surface area (Å²) in [7, 11) is 0. The van der Waals surface area contributed by atoms with Crippen molar-refractivity contribution in [1.82, 2.24) is 14.9 Å². The highest BCUT2D eigenvalue weighted by Gasteiger charge is 2.08. The lowest BCUT2D eigenvalue weighted by atomic mass is 10.1. The highest BCUT2D eigenvalue weighted by molar-refractivity contribution is 5.78. The Kier molecular flexibility index (Phi) is 5.73. The highest BCUT2D eigenvalue weighted by Crippen LogP contribution is 2.00. The van der Waals surface area contributed by atoms with Gasteiger partial charge in [0.15, 0.2) is 0 Å². The van der Waals surface area contributed by atoms with Gasteiger partial charge in [-0.3, -0.25) is 4.79 Å². The summed E-state index contributed by atoms with van der Waals surface area (Å²) in [6.07, 6.45) is 6.73. The summed E-state index contributed by atoms with van der Waals surface area (Å²) < 4.78 is 2.08. The molecule has 0 saturated heterocycles. The van der Waals surface area contributed by atoms with Gasteiger partial charge in [-0.05, 0) is 19.3 Å². The van der Waals surface area contributed by atoms with Crippen LogP contribution >= 0.6 is 0 Å². The van der Waals surface area contributed by atoms with Crippen molar-refractivity contribution < 1.29 is 7.65 Å². The summed E-state index contributed by atoms with van der Waals surface area (Å²) in [6.45, 7) is 7.73. The second-order valence-electron chi connectivity index (χ2n) is 4.41. The van der Waals surface area contributed by atoms with Gasteiger partial charge in [-0.1, -0.05) is 20.8 Å². The van der Waals surface area contributed by atoms with Crippen molar-refractivity contribution in [2.75, 3.05) is 6.54 Å². The van der Waals surface area contributed by atoms with Gasteiger partial charge < -0.3 is 9.88 Å². The second-order valence-corrected chi connectivity index (χ2v) is 4.41. The van der Waals surface area contributed by atoms with Crippen LogP contribution in [0.15, 0.2) is 12.5 Å². The molecule has 0 saturated carbocycles. The van der Waals surface area contributed by atoms with Crippen LogP contribution in [0, 0.1) is 5.92 Å². The van der Waals surface area contributed by atoms with Crippen LogP contribution in [0.5, 0.6) is 0 Å². The normalized spacial score (nSPS) is 12.4. The largest absolute Gasteiger partial charge is 0.356 e. The number of nitrogens with one attached hydrogen (secondary N) is 1. The molecule has 4 nitrogen and oxygen atoms in total. The number of rotatable bonds is 7. The predicted molar refractivity (Wildman–Crippen MR) is 72.9 cm³/mol. The average Bonchev–Trinajstić information content (AvgIpc) is 2.81. The minimum atomic E-state index is 0. The fourth-order valence-corrected chi connectivity index (χ4v) is 1.54. The van der Waals surface area contributed by atoms with Crippen molar-refractivity contribution in [3.05, 3.63) is 18.2 Å². The monoisotopic (exact) mass is 241 g/mol. The molecule has 1 heterocycles. The summed E-state index contributed by atoms with van der Waals surface area (Å²) in [5.41, 5.74) is 1.12. The first-order valence-electron chi connectivity index (χ1n) is 6.45. The van der Waals surface area contributed by atoms with Crippen LogP contribution in [-0.4, -0.2) is 22.0 Å². The molecule has 1 unspecified atom stereocenters. The minimum absolute atomic E-state index is 0. The van der Waals surface area contributed by atoms with Gasteiger partial charge >= 0.3 is 0 Å². The van der Waals surface area contributed by atoms with Crippen LogP contribution in [0.25, 0.3) is 0 Å². The lowest BCUT2D eigenvalue weighted by Gasteiger charge is -2.09. The Morgan fingerprint density at radius 3 is 2.94 bits per heavy atom. The molecule has 1 aromatic rings. The molecule has 17 heavy (non-hydrogen) atoms. The number of carbonyl (C=O) groups is 1. The lowest BCUT2D eigenvalue weighted by molar-refractivity contribution is -0.124. The van der Waals surface area contributed by atoms with Crippen molar-refractivity contribution in [2.45, 2.75) is 46.6 Å². The highest BCUT2D eigenvalue weighted by atomic mass is 16.1. The molecule has 4 heteroatoms. The molecule has 0 aliphatic heterocycles. The first-order chi connectivity index (χ1) is 8.17. The zero-order chi connectivity index (χ0) is 12.7. The first-order valence-corrected chi connectivity index (χ1v) is 6.45. The molecule has 0 bridgehead atoms. The van der Waals surface area contributed by atoms with Crippen molar-refractivity contribution >= 4 is 5.91 Å².